The summed E-state index contributed by atoms with van der Waals surface area (Å²) in [7, 11) is 0. The third-order valence-corrected chi connectivity index (χ3v) is 3.65. The van der Waals surface area contributed by atoms with Gasteiger partial charge in [0.15, 0.2) is 0 Å². The first-order chi connectivity index (χ1) is 6.91. The molecule has 0 bridgehead atoms. The van der Waals surface area contributed by atoms with Crippen LogP contribution in [0.1, 0.15) is 32.8 Å². The number of hydrogen-bond acceptors (Lipinski definition) is 1. The van der Waals surface area contributed by atoms with Crippen molar-refractivity contribution < 1.29 is 5.11 Å². The smallest absolute Gasteiger partial charge is 0.0917 e. The van der Waals surface area contributed by atoms with Gasteiger partial charge in [0.25, 0.3) is 0 Å². The zero-order valence-electron chi connectivity index (χ0n) is 9.22. The minimum atomic E-state index is -0.825. The van der Waals surface area contributed by atoms with Crippen LogP contribution in [0.4, 0.5) is 0 Å². The van der Waals surface area contributed by atoms with E-state index < -0.39 is 5.60 Å². The molecular formula is C12H16Cl2O. The van der Waals surface area contributed by atoms with Crippen LogP contribution >= 0.6 is 23.2 Å². The first kappa shape index (κ1) is 12.8. The molecule has 0 amide bonds. The molecule has 1 N–H and O–H groups in total. The summed E-state index contributed by atoms with van der Waals surface area (Å²) in [5.41, 5.74) is 0.00298. The second kappa shape index (κ2) is 4.73. The largest absolute Gasteiger partial charge is 0.385 e. The van der Waals surface area contributed by atoms with Crippen molar-refractivity contribution in [1.29, 1.82) is 0 Å². The molecule has 3 heteroatoms. The van der Waals surface area contributed by atoms with Gasteiger partial charge in [-0.05, 0) is 30.0 Å². The molecule has 15 heavy (non-hydrogen) atoms. The lowest BCUT2D eigenvalue weighted by Crippen LogP contribution is -2.31. The van der Waals surface area contributed by atoms with Gasteiger partial charge in [0.05, 0.1) is 15.6 Å². The van der Waals surface area contributed by atoms with Crippen LogP contribution < -0.4 is 0 Å². The van der Waals surface area contributed by atoms with E-state index in [0.29, 0.717) is 16.5 Å². The molecule has 0 saturated carbocycles. The Morgan fingerprint density at radius 3 is 2.27 bits per heavy atom. The summed E-state index contributed by atoms with van der Waals surface area (Å²) in [6.07, 6.45) is 0.655. The van der Waals surface area contributed by atoms with Gasteiger partial charge in [-0.3, -0.25) is 0 Å². The zero-order chi connectivity index (χ0) is 11.6. The van der Waals surface area contributed by atoms with E-state index in [2.05, 4.69) is 0 Å². The van der Waals surface area contributed by atoms with Crippen LogP contribution in [0.5, 0.6) is 0 Å². The van der Waals surface area contributed by atoms with Gasteiger partial charge in [-0.25, -0.2) is 0 Å². The SMILES string of the molecule is CCC(O)(c1ccc(Cl)c(Cl)c1)C(C)C. The van der Waals surface area contributed by atoms with Gasteiger partial charge in [-0.1, -0.05) is 50.0 Å². The Labute approximate surface area is 101 Å². The fourth-order valence-corrected chi connectivity index (χ4v) is 2.01. The second-order valence-corrected chi connectivity index (χ2v) is 4.88. The minimum Gasteiger partial charge on any atom is -0.385 e. The molecule has 1 aromatic rings. The van der Waals surface area contributed by atoms with E-state index in [1.54, 1.807) is 12.1 Å². The summed E-state index contributed by atoms with van der Waals surface area (Å²) in [6, 6.07) is 5.30. The van der Waals surface area contributed by atoms with Crippen molar-refractivity contribution in [3.63, 3.8) is 0 Å². The topological polar surface area (TPSA) is 20.2 Å². The van der Waals surface area contributed by atoms with E-state index >= 15 is 0 Å². The maximum atomic E-state index is 10.5. The summed E-state index contributed by atoms with van der Waals surface area (Å²) in [4.78, 5) is 0. The molecule has 0 aliphatic carbocycles. The van der Waals surface area contributed by atoms with E-state index in [0.717, 1.165) is 5.56 Å². The standard InChI is InChI=1S/C12H16Cl2O/c1-4-12(15,8(2)3)9-5-6-10(13)11(14)7-9/h5-8,15H,4H2,1-3H3. The Morgan fingerprint density at radius 1 is 1.27 bits per heavy atom. The highest BCUT2D eigenvalue weighted by Gasteiger charge is 2.31. The Bertz CT molecular complexity index is 349. The van der Waals surface area contributed by atoms with Crippen LogP contribution in [0.25, 0.3) is 0 Å². The molecule has 84 valence electrons. The minimum absolute atomic E-state index is 0.139. The maximum absolute atomic E-state index is 10.5. The number of hydrogen-bond donors (Lipinski definition) is 1. The molecule has 1 unspecified atom stereocenters. The average molecular weight is 247 g/mol. The summed E-state index contributed by atoms with van der Waals surface area (Å²) >= 11 is 11.8. The highest BCUT2D eigenvalue weighted by atomic mass is 35.5. The first-order valence-electron chi connectivity index (χ1n) is 5.09. The lowest BCUT2D eigenvalue weighted by atomic mass is 9.81. The Kier molecular flexibility index (Phi) is 4.05. The van der Waals surface area contributed by atoms with Crippen LogP contribution in [0.2, 0.25) is 10.0 Å². The van der Waals surface area contributed by atoms with Gasteiger partial charge in [0, 0.05) is 0 Å². The van der Waals surface area contributed by atoms with E-state index in [9.17, 15) is 5.11 Å². The van der Waals surface area contributed by atoms with Crippen molar-refractivity contribution in [2.24, 2.45) is 5.92 Å². The number of aliphatic hydroxyl groups is 1. The van der Waals surface area contributed by atoms with Gasteiger partial charge in [-0.15, -0.1) is 0 Å². The highest BCUT2D eigenvalue weighted by molar-refractivity contribution is 6.42. The lowest BCUT2D eigenvalue weighted by Gasteiger charge is -2.31. The van der Waals surface area contributed by atoms with Crippen molar-refractivity contribution in [2.75, 3.05) is 0 Å². The van der Waals surface area contributed by atoms with Crippen molar-refractivity contribution in [3.05, 3.63) is 33.8 Å². The van der Waals surface area contributed by atoms with Gasteiger partial charge < -0.3 is 5.11 Å². The van der Waals surface area contributed by atoms with Crippen LogP contribution in [-0.2, 0) is 5.60 Å². The zero-order valence-corrected chi connectivity index (χ0v) is 10.7. The molecule has 1 atom stereocenters. The van der Waals surface area contributed by atoms with Gasteiger partial charge in [0.2, 0.25) is 0 Å². The Balaban J connectivity index is 3.19. The van der Waals surface area contributed by atoms with Crippen molar-refractivity contribution in [2.45, 2.75) is 32.8 Å². The van der Waals surface area contributed by atoms with E-state index in [1.807, 2.05) is 26.8 Å². The third-order valence-electron chi connectivity index (χ3n) is 2.91. The molecule has 0 saturated heterocycles. The Hall–Kier alpha value is -0.240. The highest BCUT2D eigenvalue weighted by Crippen LogP contribution is 2.35. The molecule has 0 spiro atoms. The van der Waals surface area contributed by atoms with Crippen molar-refractivity contribution in [3.8, 4) is 0 Å². The summed E-state index contributed by atoms with van der Waals surface area (Å²) in [6.45, 7) is 5.94. The lowest BCUT2D eigenvalue weighted by molar-refractivity contribution is -0.0140. The van der Waals surface area contributed by atoms with Gasteiger partial charge in [0.1, 0.15) is 0 Å². The number of halogens is 2. The monoisotopic (exact) mass is 246 g/mol. The van der Waals surface area contributed by atoms with Crippen LogP contribution in [0.3, 0.4) is 0 Å². The van der Waals surface area contributed by atoms with Gasteiger partial charge in [-0.2, -0.15) is 0 Å². The third kappa shape index (κ3) is 2.47. The van der Waals surface area contributed by atoms with E-state index in [1.165, 1.54) is 0 Å². The van der Waals surface area contributed by atoms with Crippen molar-refractivity contribution >= 4 is 23.2 Å². The van der Waals surface area contributed by atoms with Crippen LogP contribution in [0, 0.1) is 5.92 Å². The van der Waals surface area contributed by atoms with Crippen LogP contribution in [0.15, 0.2) is 18.2 Å². The fraction of sp³-hybridized carbons (Fsp3) is 0.500. The second-order valence-electron chi connectivity index (χ2n) is 4.06. The van der Waals surface area contributed by atoms with Crippen LogP contribution in [-0.4, -0.2) is 5.11 Å². The van der Waals surface area contributed by atoms with E-state index in [4.69, 9.17) is 23.2 Å². The summed E-state index contributed by atoms with van der Waals surface area (Å²) in [5, 5.41) is 11.5. The molecule has 1 nitrogen and oxygen atoms in total. The molecule has 0 heterocycles. The molecule has 1 rings (SSSR count). The molecule has 0 aliphatic heterocycles. The molecule has 1 aromatic carbocycles. The number of benzene rings is 1. The summed E-state index contributed by atoms with van der Waals surface area (Å²) < 4.78 is 0. The normalized spacial score (nSPS) is 15.4. The molecular weight excluding hydrogens is 231 g/mol. The molecule has 0 aromatic heterocycles. The average Bonchev–Trinajstić information content (AvgIpc) is 2.20. The predicted octanol–water partition coefficient (Wildman–Crippen LogP) is 4.25. The fourth-order valence-electron chi connectivity index (χ4n) is 1.71. The number of rotatable bonds is 3. The quantitative estimate of drug-likeness (QED) is 0.846. The predicted molar refractivity (Wildman–Crippen MR) is 65.5 cm³/mol. The molecule has 0 radical (unpaired) electrons. The van der Waals surface area contributed by atoms with E-state index in [-0.39, 0.29) is 5.92 Å². The maximum Gasteiger partial charge on any atom is 0.0917 e. The van der Waals surface area contributed by atoms with Gasteiger partial charge >= 0.3 is 0 Å². The molecule has 0 aliphatic rings. The van der Waals surface area contributed by atoms with Crippen molar-refractivity contribution in [1.82, 2.24) is 0 Å². The summed E-state index contributed by atoms with van der Waals surface area (Å²) in [5.74, 6) is 0.139. The molecule has 0 fully saturated rings. The first-order valence-corrected chi connectivity index (χ1v) is 5.85. The Morgan fingerprint density at radius 2 is 1.87 bits per heavy atom.